The van der Waals surface area contributed by atoms with E-state index >= 15 is 0 Å². The molecule has 0 amide bonds. The van der Waals surface area contributed by atoms with Crippen LogP contribution in [-0.2, 0) is 9.59 Å². The molecule has 148 valence electrons. The predicted octanol–water partition coefficient (Wildman–Crippen LogP) is 3.50. The first-order valence-electron chi connectivity index (χ1n) is 9.47. The van der Waals surface area contributed by atoms with Crippen LogP contribution in [0.1, 0.15) is 67.2 Å². The third-order valence-electron chi connectivity index (χ3n) is 4.87. The largest absolute Gasteiger partial charge is 0.508 e. The first kappa shape index (κ1) is 22.6. The van der Waals surface area contributed by atoms with Gasteiger partial charge in [0.2, 0.25) is 0 Å². The van der Waals surface area contributed by atoms with Gasteiger partial charge in [0.1, 0.15) is 11.3 Å². The topological polar surface area (TPSA) is 94.8 Å². The van der Waals surface area contributed by atoms with Gasteiger partial charge in [0.15, 0.2) is 17.2 Å². The lowest BCUT2D eigenvalue weighted by atomic mass is 9.79. The molecule has 0 heterocycles. The molecule has 5 heteroatoms. The second kappa shape index (κ2) is 8.96. The average Bonchev–Trinajstić information content (AvgIpc) is 2.69. The number of aliphatic hydroxyl groups is 3. The molecule has 0 fully saturated rings. The maximum absolute atomic E-state index is 12.9. The Bertz CT molecular complexity index is 596. The SMILES string of the molecule is CC(C)=CCC1C(=O)C(C(=O)CC(C)C)=C(O)[C@@]1(O)C(O)CCC(C)C. The molecule has 1 aliphatic carbocycles. The standard InChI is InChI=1S/C21H34O5/c1-12(2)7-9-15-19(24)18(16(22)11-14(5)6)20(25)21(15,26)17(23)10-8-13(3)4/h7,13-15,17,23,25-26H,8-11H2,1-6H3/t15?,17?,21-/m0/s1. The van der Waals surface area contributed by atoms with Crippen LogP contribution < -0.4 is 0 Å². The van der Waals surface area contributed by atoms with Gasteiger partial charge < -0.3 is 15.3 Å². The van der Waals surface area contributed by atoms with Crippen LogP contribution >= 0.6 is 0 Å². The molecular formula is C21H34O5. The molecule has 0 aliphatic heterocycles. The van der Waals surface area contributed by atoms with E-state index in [2.05, 4.69) is 0 Å². The van der Waals surface area contributed by atoms with Crippen molar-refractivity contribution in [1.82, 2.24) is 0 Å². The summed E-state index contributed by atoms with van der Waals surface area (Å²) in [4.78, 5) is 25.4. The van der Waals surface area contributed by atoms with E-state index in [1.165, 1.54) is 0 Å². The summed E-state index contributed by atoms with van der Waals surface area (Å²) in [6.07, 6.45) is 1.62. The Balaban J connectivity index is 3.31. The number of hydrogen-bond donors (Lipinski definition) is 3. The van der Waals surface area contributed by atoms with Crippen molar-refractivity contribution in [2.75, 3.05) is 0 Å². The van der Waals surface area contributed by atoms with Crippen LogP contribution in [0, 0.1) is 17.8 Å². The van der Waals surface area contributed by atoms with Crippen LogP contribution in [0.4, 0.5) is 0 Å². The Hall–Kier alpha value is -1.46. The first-order chi connectivity index (χ1) is 11.9. The number of Topliss-reactive ketones (excluding diaryl/α,β-unsaturated/α-hetero) is 2. The minimum atomic E-state index is -2.11. The molecule has 0 aromatic rings. The molecule has 0 aromatic carbocycles. The highest BCUT2D eigenvalue weighted by Gasteiger charge is 2.58. The number of hydrogen-bond acceptors (Lipinski definition) is 5. The molecule has 1 rings (SSSR count). The van der Waals surface area contributed by atoms with E-state index in [1.54, 1.807) is 6.08 Å². The summed E-state index contributed by atoms with van der Waals surface area (Å²) in [6.45, 7) is 11.4. The molecule has 1 aliphatic rings. The van der Waals surface area contributed by atoms with Crippen molar-refractivity contribution in [1.29, 1.82) is 0 Å². The quantitative estimate of drug-likeness (QED) is 0.429. The van der Waals surface area contributed by atoms with Crippen LogP contribution in [-0.4, -0.2) is 38.6 Å². The maximum atomic E-state index is 12.9. The summed E-state index contributed by atoms with van der Waals surface area (Å²) in [7, 11) is 0. The average molecular weight is 366 g/mol. The number of rotatable bonds is 9. The van der Waals surface area contributed by atoms with Crippen molar-refractivity contribution in [3.63, 3.8) is 0 Å². The Morgan fingerprint density at radius 2 is 1.73 bits per heavy atom. The lowest BCUT2D eigenvalue weighted by Gasteiger charge is -2.34. The summed E-state index contributed by atoms with van der Waals surface area (Å²) in [5, 5.41) is 32.5. The van der Waals surface area contributed by atoms with Crippen LogP contribution in [0.25, 0.3) is 0 Å². The molecule has 0 saturated heterocycles. The van der Waals surface area contributed by atoms with E-state index in [1.807, 2.05) is 41.5 Å². The van der Waals surface area contributed by atoms with Crippen molar-refractivity contribution >= 4 is 11.6 Å². The number of carbonyl (C=O) groups is 2. The highest BCUT2D eigenvalue weighted by molar-refractivity contribution is 6.23. The van der Waals surface area contributed by atoms with Gasteiger partial charge in [0.25, 0.3) is 0 Å². The first-order valence-corrected chi connectivity index (χ1v) is 9.47. The molecule has 3 N–H and O–H groups in total. The summed E-state index contributed by atoms with van der Waals surface area (Å²) in [6, 6.07) is 0. The minimum absolute atomic E-state index is 0.0198. The number of allylic oxidation sites excluding steroid dienone is 3. The number of aliphatic hydroxyl groups excluding tert-OH is 2. The van der Waals surface area contributed by atoms with Crippen LogP contribution in [0.2, 0.25) is 0 Å². The second-order valence-corrected chi connectivity index (χ2v) is 8.49. The van der Waals surface area contributed by atoms with Crippen molar-refractivity contribution in [3.8, 4) is 0 Å². The maximum Gasteiger partial charge on any atom is 0.176 e. The highest BCUT2D eigenvalue weighted by atomic mass is 16.4. The van der Waals surface area contributed by atoms with E-state index in [9.17, 15) is 24.9 Å². The molecule has 0 aromatic heterocycles. The zero-order valence-electron chi connectivity index (χ0n) is 16.9. The molecular weight excluding hydrogens is 332 g/mol. The van der Waals surface area contributed by atoms with E-state index in [4.69, 9.17) is 0 Å². The lowest BCUT2D eigenvalue weighted by Crippen LogP contribution is -2.49. The lowest BCUT2D eigenvalue weighted by molar-refractivity contribution is -0.135. The van der Waals surface area contributed by atoms with E-state index in [0.29, 0.717) is 12.3 Å². The molecule has 3 atom stereocenters. The van der Waals surface area contributed by atoms with Crippen molar-refractivity contribution in [2.24, 2.45) is 17.8 Å². The normalized spacial score (nSPS) is 24.5. The Labute approximate surface area is 156 Å². The Morgan fingerprint density at radius 1 is 1.15 bits per heavy atom. The van der Waals surface area contributed by atoms with Gasteiger partial charge in [0.05, 0.1) is 12.0 Å². The van der Waals surface area contributed by atoms with Gasteiger partial charge in [-0.3, -0.25) is 9.59 Å². The van der Waals surface area contributed by atoms with Gasteiger partial charge in [-0.2, -0.15) is 0 Å². The fraction of sp³-hybridized carbons (Fsp3) is 0.714. The summed E-state index contributed by atoms with van der Waals surface area (Å²) >= 11 is 0. The van der Waals surface area contributed by atoms with Crippen molar-refractivity contribution < 1.29 is 24.9 Å². The van der Waals surface area contributed by atoms with E-state index in [-0.39, 0.29) is 30.8 Å². The zero-order valence-corrected chi connectivity index (χ0v) is 16.9. The van der Waals surface area contributed by atoms with Crippen LogP contribution in [0.15, 0.2) is 23.0 Å². The number of carbonyl (C=O) groups excluding carboxylic acids is 2. The zero-order chi connectivity index (χ0) is 20.2. The second-order valence-electron chi connectivity index (χ2n) is 8.49. The molecule has 0 radical (unpaired) electrons. The van der Waals surface area contributed by atoms with Gasteiger partial charge in [-0.05, 0) is 44.9 Å². The predicted molar refractivity (Wildman–Crippen MR) is 102 cm³/mol. The summed E-state index contributed by atoms with van der Waals surface area (Å²) in [5.41, 5.74) is -1.49. The van der Waals surface area contributed by atoms with Crippen molar-refractivity contribution in [2.45, 2.75) is 78.9 Å². The Morgan fingerprint density at radius 3 is 2.19 bits per heavy atom. The van der Waals surface area contributed by atoms with Gasteiger partial charge in [0, 0.05) is 6.42 Å². The summed E-state index contributed by atoms with van der Waals surface area (Å²) in [5.74, 6) is -2.43. The summed E-state index contributed by atoms with van der Waals surface area (Å²) < 4.78 is 0. The fourth-order valence-electron chi connectivity index (χ4n) is 3.34. The van der Waals surface area contributed by atoms with Crippen molar-refractivity contribution in [3.05, 3.63) is 23.0 Å². The van der Waals surface area contributed by atoms with Gasteiger partial charge >= 0.3 is 0 Å². The Kier molecular flexibility index (Phi) is 7.78. The fourth-order valence-corrected chi connectivity index (χ4v) is 3.34. The minimum Gasteiger partial charge on any atom is -0.508 e. The van der Waals surface area contributed by atoms with Gasteiger partial charge in [-0.25, -0.2) is 0 Å². The molecule has 5 nitrogen and oxygen atoms in total. The third kappa shape index (κ3) is 4.83. The molecule has 26 heavy (non-hydrogen) atoms. The molecule has 0 bridgehead atoms. The van der Waals surface area contributed by atoms with E-state index < -0.39 is 34.9 Å². The van der Waals surface area contributed by atoms with Gasteiger partial charge in [-0.15, -0.1) is 0 Å². The third-order valence-corrected chi connectivity index (χ3v) is 4.87. The van der Waals surface area contributed by atoms with Crippen LogP contribution in [0.5, 0.6) is 0 Å². The molecule has 0 saturated carbocycles. The number of ketones is 2. The highest BCUT2D eigenvalue weighted by Crippen LogP contribution is 2.43. The van der Waals surface area contributed by atoms with E-state index in [0.717, 1.165) is 5.57 Å². The molecule has 0 spiro atoms. The smallest absolute Gasteiger partial charge is 0.176 e. The van der Waals surface area contributed by atoms with Gasteiger partial charge in [-0.1, -0.05) is 39.3 Å². The van der Waals surface area contributed by atoms with Crippen LogP contribution in [0.3, 0.4) is 0 Å². The molecule has 2 unspecified atom stereocenters. The monoisotopic (exact) mass is 366 g/mol.